The van der Waals surface area contributed by atoms with E-state index in [1.807, 2.05) is 6.92 Å². The number of nitrogens with one attached hydrogen (secondary N) is 4. The minimum atomic E-state index is -0.177. The number of nitrogens with zero attached hydrogens (tertiary/aromatic N) is 1. The van der Waals surface area contributed by atoms with Gasteiger partial charge in [-0.05, 0) is 49.9 Å². The van der Waals surface area contributed by atoms with E-state index in [1.54, 1.807) is 13.1 Å². The number of carbonyl (C=O) groups is 1. The van der Waals surface area contributed by atoms with E-state index in [-0.39, 0.29) is 29.9 Å². The summed E-state index contributed by atoms with van der Waals surface area (Å²) < 4.78 is 5.19. The van der Waals surface area contributed by atoms with Crippen molar-refractivity contribution in [2.75, 3.05) is 26.7 Å². The fourth-order valence-electron chi connectivity index (χ4n) is 3.23. The molecule has 0 atom stereocenters. The van der Waals surface area contributed by atoms with Crippen LogP contribution in [0.4, 0.5) is 0 Å². The van der Waals surface area contributed by atoms with Crippen LogP contribution in [0.3, 0.4) is 0 Å². The van der Waals surface area contributed by atoms with Crippen LogP contribution in [0.5, 0.6) is 0 Å². The van der Waals surface area contributed by atoms with Gasteiger partial charge in [-0.2, -0.15) is 0 Å². The monoisotopic (exact) mass is 523 g/mol. The van der Waals surface area contributed by atoms with E-state index in [0.717, 1.165) is 30.9 Å². The molecule has 30 heavy (non-hydrogen) atoms. The topological polar surface area (TPSA) is 94.4 Å². The van der Waals surface area contributed by atoms with E-state index in [4.69, 9.17) is 4.42 Å². The maximum atomic E-state index is 12.0. The van der Waals surface area contributed by atoms with Gasteiger partial charge in [0.1, 0.15) is 0 Å². The van der Waals surface area contributed by atoms with E-state index in [9.17, 15) is 4.79 Å². The highest BCUT2D eigenvalue weighted by molar-refractivity contribution is 14.0. The molecule has 2 heterocycles. The highest BCUT2D eigenvalue weighted by atomic mass is 127. The van der Waals surface area contributed by atoms with Crippen LogP contribution >= 0.6 is 24.0 Å². The van der Waals surface area contributed by atoms with Crippen LogP contribution < -0.4 is 16.0 Å². The first-order chi connectivity index (χ1) is 14.1. The number of hydrogen-bond donors (Lipinski definition) is 4. The Balaban J connectivity index is 0.00000320. The van der Waals surface area contributed by atoms with E-state index in [1.165, 1.54) is 28.3 Å². The summed E-state index contributed by atoms with van der Waals surface area (Å²) in [5.41, 5.74) is 4.56. The largest absolute Gasteiger partial charge is 0.459 e. The van der Waals surface area contributed by atoms with Crippen LogP contribution in [-0.4, -0.2) is 43.5 Å². The number of hydrogen-bond acceptors (Lipinski definition) is 3. The summed E-state index contributed by atoms with van der Waals surface area (Å²) in [5, 5.41) is 10.7. The third-order valence-electron chi connectivity index (χ3n) is 4.83. The Bertz CT molecular complexity index is 992. The summed E-state index contributed by atoms with van der Waals surface area (Å²) in [6, 6.07) is 8.25. The van der Waals surface area contributed by atoms with Crippen LogP contribution in [0, 0.1) is 13.8 Å². The predicted molar refractivity (Wildman–Crippen MR) is 132 cm³/mol. The van der Waals surface area contributed by atoms with Crippen LogP contribution in [0.15, 0.2) is 46.1 Å². The van der Waals surface area contributed by atoms with E-state index >= 15 is 0 Å². The molecule has 0 fully saturated rings. The smallest absolute Gasteiger partial charge is 0.287 e. The molecule has 7 nitrogen and oxygen atoms in total. The number of aryl methyl sites for hydroxylation is 2. The lowest BCUT2D eigenvalue weighted by Crippen LogP contribution is -2.39. The molecule has 0 bridgehead atoms. The van der Waals surface area contributed by atoms with E-state index < -0.39 is 0 Å². The summed E-state index contributed by atoms with van der Waals surface area (Å²) >= 11 is 0. The molecule has 0 saturated carbocycles. The number of H-pyrrole nitrogens is 1. The van der Waals surface area contributed by atoms with Gasteiger partial charge in [0.05, 0.1) is 6.26 Å². The zero-order chi connectivity index (χ0) is 20.6. The molecule has 4 N–H and O–H groups in total. The molecule has 0 aliphatic rings. The van der Waals surface area contributed by atoms with Crippen molar-refractivity contribution < 1.29 is 9.21 Å². The number of aromatic amines is 1. The first-order valence-electron chi connectivity index (χ1n) is 9.92. The molecule has 1 amide bonds. The van der Waals surface area contributed by atoms with Crippen molar-refractivity contribution >= 4 is 46.7 Å². The van der Waals surface area contributed by atoms with Crippen molar-refractivity contribution in [3.05, 3.63) is 59.2 Å². The highest BCUT2D eigenvalue weighted by Gasteiger charge is 2.11. The number of benzene rings is 1. The molecule has 0 radical (unpaired) electrons. The zero-order valence-corrected chi connectivity index (χ0v) is 20.0. The van der Waals surface area contributed by atoms with Gasteiger partial charge in [-0.3, -0.25) is 9.79 Å². The standard InChI is InChI=1S/C22H29N5O2.HI/c1-15-5-6-18-17(14-27-19(18)13-15)7-11-26-22(23-3)25-10-4-9-24-21(28)20-16(2)8-12-29-20;/h5-6,8,12-14,27H,4,7,9-11H2,1-3H3,(H,24,28)(H2,23,25,26);1H. The van der Waals surface area contributed by atoms with Crippen molar-refractivity contribution in [2.45, 2.75) is 26.7 Å². The van der Waals surface area contributed by atoms with Crippen molar-refractivity contribution in [1.82, 2.24) is 20.9 Å². The second kappa shape index (κ2) is 11.6. The Morgan fingerprint density at radius 2 is 1.87 bits per heavy atom. The molecule has 2 aromatic heterocycles. The summed E-state index contributed by atoms with van der Waals surface area (Å²) in [5.74, 6) is 0.959. The minimum absolute atomic E-state index is 0. The zero-order valence-electron chi connectivity index (χ0n) is 17.7. The summed E-state index contributed by atoms with van der Waals surface area (Å²) in [4.78, 5) is 19.6. The molecule has 0 saturated heterocycles. The number of amides is 1. The molecule has 0 unspecified atom stereocenters. The average Bonchev–Trinajstić information content (AvgIpc) is 3.32. The molecule has 3 aromatic rings. The quantitative estimate of drug-likeness (QED) is 0.157. The molecule has 8 heteroatoms. The van der Waals surface area contributed by atoms with Crippen LogP contribution in [-0.2, 0) is 6.42 Å². The van der Waals surface area contributed by atoms with E-state index in [0.29, 0.717) is 18.8 Å². The molecule has 0 spiro atoms. The molecule has 0 aliphatic heterocycles. The van der Waals surface area contributed by atoms with Gasteiger partial charge in [0.15, 0.2) is 11.7 Å². The van der Waals surface area contributed by atoms with Gasteiger partial charge >= 0.3 is 0 Å². The predicted octanol–water partition coefficient (Wildman–Crippen LogP) is 3.52. The Labute approximate surface area is 194 Å². The van der Waals surface area contributed by atoms with Crippen LogP contribution in [0.2, 0.25) is 0 Å². The molecular weight excluding hydrogens is 493 g/mol. The van der Waals surface area contributed by atoms with Crippen molar-refractivity contribution in [3.8, 4) is 0 Å². The van der Waals surface area contributed by atoms with Gasteiger partial charge in [0, 0.05) is 49.3 Å². The number of guanidine groups is 1. The SMILES string of the molecule is CN=C(NCCCNC(=O)c1occc1C)NCCc1c[nH]c2cc(C)ccc12.I. The maximum absolute atomic E-state index is 12.0. The maximum Gasteiger partial charge on any atom is 0.287 e. The van der Waals surface area contributed by atoms with Gasteiger partial charge in [-0.25, -0.2) is 0 Å². The number of furan rings is 1. The number of halogens is 1. The average molecular weight is 523 g/mol. The first kappa shape index (κ1) is 23.8. The normalized spacial score (nSPS) is 11.2. The Kier molecular flexibility index (Phi) is 9.22. The van der Waals surface area contributed by atoms with Crippen molar-refractivity contribution in [1.29, 1.82) is 0 Å². The molecule has 162 valence electrons. The summed E-state index contributed by atoms with van der Waals surface area (Å²) in [7, 11) is 1.76. The number of aromatic nitrogens is 1. The summed E-state index contributed by atoms with van der Waals surface area (Å²) in [6.07, 6.45) is 5.29. The molecule has 1 aromatic carbocycles. The van der Waals surface area contributed by atoms with Gasteiger partial charge in [0.2, 0.25) is 0 Å². The lowest BCUT2D eigenvalue weighted by molar-refractivity contribution is 0.0925. The van der Waals surface area contributed by atoms with Gasteiger partial charge in [0.25, 0.3) is 5.91 Å². The Morgan fingerprint density at radius 3 is 2.60 bits per heavy atom. The minimum Gasteiger partial charge on any atom is -0.459 e. The molecule has 3 rings (SSSR count). The molecular formula is C22H30IN5O2. The molecule has 0 aliphatic carbocycles. The fraction of sp³-hybridized carbons (Fsp3) is 0.364. The highest BCUT2D eigenvalue weighted by Crippen LogP contribution is 2.19. The van der Waals surface area contributed by atoms with E-state index in [2.05, 4.69) is 57.2 Å². The Hall–Kier alpha value is -2.49. The van der Waals surface area contributed by atoms with Gasteiger partial charge in [-0.1, -0.05) is 12.1 Å². The third-order valence-corrected chi connectivity index (χ3v) is 4.83. The van der Waals surface area contributed by atoms with Crippen molar-refractivity contribution in [2.24, 2.45) is 4.99 Å². The van der Waals surface area contributed by atoms with Crippen LogP contribution in [0.1, 0.15) is 33.7 Å². The lowest BCUT2D eigenvalue weighted by atomic mass is 10.1. The Morgan fingerprint density at radius 1 is 1.10 bits per heavy atom. The lowest BCUT2D eigenvalue weighted by Gasteiger charge is -2.12. The van der Waals surface area contributed by atoms with Crippen LogP contribution in [0.25, 0.3) is 10.9 Å². The third kappa shape index (κ3) is 6.25. The van der Waals surface area contributed by atoms with Gasteiger partial charge in [-0.15, -0.1) is 24.0 Å². The second-order valence-corrected chi connectivity index (χ2v) is 7.08. The first-order valence-corrected chi connectivity index (χ1v) is 9.92. The number of rotatable bonds is 8. The number of carbonyl (C=O) groups excluding carboxylic acids is 1. The van der Waals surface area contributed by atoms with Crippen molar-refractivity contribution in [3.63, 3.8) is 0 Å². The number of aliphatic imine (C=N–C) groups is 1. The summed E-state index contributed by atoms with van der Waals surface area (Å²) in [6.45, 7) is 6.02. The fourth-order valence-corrected chi connectivity index (χ4v) is 3.23. The second-order valence-electron chi connectivity index (χ2n) is 7.08. The number of fused-ring (bicyclic) bond motifs is 1. The van der Waals surface area contributed by atoms with Gasteiger partial charge < -0.3 is 25.4 Å².